The van der Waals surface area contributed by atoms with E-state index in [9.17, 15) is 0 Å². The standard InChI is InChI=1S/C18H21N3O/c1-20(2)12-14-11-18-15-7-5-9-19-16(15)10-13-6-3-4-8-17(13)21(18)22-14/h3-9,14,18H,10-12H2,1-2H3. The molecule has 1 saturated heterocycles. The van der Waals surface area contributed by atoms with Crippen LogP contribution in [0.2, 0.25) is 0 Å². The monoisotopic (exact) mass is 295 g/mol. The number of hydrogen-bond acceptors (Lipinski definition) is 4. The number of anilines is 1. The predicted octanol–water partition coefficient (Wildman–Crippen LogP) is 2.80. The van der Waals surface area contributed by atoms with Crippen LogP contribution in [0.15, 0.2) is 42.6 Å². The summed E-state index contributed by atoms with van der Waals surface area (Å²) < 4.78 is 0. The van der Waals surface area contributed by atoms with E-state index in [0.29, 0.717) is 0 Å². The molecule has 0 radical (unpaired) electrons. The van der Waals surface area contributed by atoms with E-state index in [1.54, 1.807) is 0 Å². The summed E-state index contributed by atoms with van der Waals surface area (Å²) in [6.07, 6.45) is 4.00. The molecule has 2 aliphatic rings. The molecular weight excluding hydrogens is 274 g/mol. The van der Waals surface area contributed by atoms with Crippen molar-refractivity contribution in [3.05, 3.63) is 59.4 Å². The van der Waals surface area contributed by atoms with E-state index in [0.717, 1.165) is 19.4 Å². The first-order valence-electron chi connectivity index (χ1n) is 7.85. The summed E-state index contributed by atoms with van der Waals surface area (Å²) >= 11 is 0. The molecule has 2 atom stereocenters. The van der Waals surface area contributed by atoms with Crippen molar-refractivity contribution < 1.29 is 4.84 Å². The molecule has 4 rings (SSSR count). The molecule has 1 aromatic heterocycles. The number of aromatic nitrogens is 1. The fourth-order valence-corrected chi connectivity index (χ4v) is 3.57. The second-order valence-corrected chi connectivity index (χ2v) is 6.41. The second-order valence-electron chi connectivity index (χ2n) is 6.41. The lowest BCUT2D eigenvalue weighted by Crippen LogP contribution is -2.27. The van der Waals surface area contributed by atoms with Crippen molar-refractivity contribution in [2.75, 3.05) is 25.7 Å². The third kappa shape index (κ3) is 2.28. The van der Waals surface area contributed by atoms with Gasteiger partial charge in [0.1, 0.15) is 6.10 Å². The van der Waals surface area contributed by atoms with Crippen LogP contribution in [-0.4, -0.2) is 36.6 Å². The molecular formula is C18H21N3O. The van der Waals surface area contributed by atoms with Gasteiger partial charge in [-0.05, 0) is 37.4 Å². The number of pyridine rings is 1. The van der Waals surface area contributed by atoms with Gasteiger partial charge in [0.25, 0.3) is 0 Å². The molecule has 0 aliphatic carbocycles. The van der Waals surface area contributed by atoms with Crippen LogP contribution in [0.5, 0.6) is 0 Å². The first-order chi connectivity index (χ1) is 10.7. The number of fused-ring (bicyclic) bond motifs is 5. The summed E-state index contributed by atoms with van der Waals surface area (Å²) in [5.41, 5.74) is 4.96. The average molecular weight is 295 g/mol. The van der Waals surface area contributed by atoms with Gasteiger partial charge in [-0.15, -0.1) is 0 Å². The third-order valence-corrected chi connectivity index (χ3v) is 4.47. The Bertz CT molecular complexity index is 632. The fraction of sp³-hybridized carbons (Fsp3) is 0.389. The van der Waals surface area contributed by atoms with Crippen molar-refractivity contribution in [1.29, 1.82) is 0 Å². The largest absolute Gasteiger partial charge is 0.307 e. The van der Waals surface area contributed by atoms with Gasteiger partial charge in [-0.3, -0.25) is 9.82 Å². The smallest absolute Gasteiger partial charge is 0.101 e. The number of likely N-dealkylation sites (N-methyl/N-ethyl adjacent to an activating group) is 1. The first-order valence-corrected chi connectivity index (χ1v) is 7.85. The molecule has 0 amide bonds. The van der Waals surface area contributed by atoms with Gasteiger partial charge in [-0.1, -0.05) is 24.3 Å². The molecule has 2 aliphatic heterocycles. The minimum Gasteiger partial charge on any atom is -0.307 e. The zero-order valence-electron chi connectivity index (χ0n) is 13.1. The number of hydrogen-bond donors (Lipinski definition) is 0. The highest BCUT2D eigenvalue weighted by atomic mass is 16.7. The normalized spacial score (nSPS) is 23.0. The summed E-state index contributed by atoms with van der Waals surface area (Å²) in [6.45, 7) is 0.935. The van der Waals surface area contributed by atoms with E-state index in [1.165, 1.54) is 22.5 Å². The highest BCUT2D eigenvalue weighted by Crippen LogP contribution is 2.43. The molecule has 22 heavy (non-hydrogen) atoms. The van der Waals surface area contributed by atoms with Gasteiger partial charge in [0.15, 0.2) is 0 Å². The quantitative estimate of drug-likeness (QED) is 0.852. The summed E-state index contributed by atoms with van der Waals surface area (Å²) in [5, 5.41) is 2.12. The summed E-state index contributed by atoms with van der Waals surface area (Å²) in [7, 11) is 4.19. The average Bonchev–Trinajstić information content (AvgIpc) is 2.85. The van der Waals surface area contributed by atoms with Crippen molar-refractivity contribution in [2.24, 2.45) is 0 Å². The Morgan fingerprint density at radius 1 is 1.23 bits per heavy atom. The first kappa shape index (κ1) is 13.7. The highest BCUT2D eigenvalue weighted by molar-refractivity contribution is 5.58. The lowest BCUT2D eigenvalue weighted by Gasteiger charge is -2.25. The summed E-state index contributed by atoms with van der Waals surface area (Å²) in [4.78, 5) is 13.1. The van der Waals surface area contributed by atoms with E-state index < -0.39 is 0 Å². The number of rotatable bonds is 2. The molecule has 1 fully saturated rings. The van der Waals surface area contributed by atoms with E-state index >= 15 is 0 Å². The van der Waals surface area contributed by atoms with Gasteiger partial charge in [-0.25, -0.2) is 5.06 Å². The van der Waals surface area contributed by atoms with E-state index in [2.05, 4.69) is 59.4 Å². The van der Waals surface area contributed by atoms with Crippen LogP contribution in [0.25, 0.3) is 0 Å². The molecule has 2 unspecified atom stereocenters. The van der Waals surface area contributed by atoms with Gasteiger partial charge in [0.2, 0.25) is 0 Å². The van der Waals surface area contributed by atoms with E-state index in [4.69, 9.17) is 4.84 Å². The van der Waals surface area contributed by atoms with Crippen LogP contribution in [0.1, 0.15) is 29.3 Å². The SMILES string of the molecule is CN(C)CC1CC2c3cccnc3Cc3ccccc3N2O1. The Kier molecular flexibility index (Phi) is 3.36. The zero-order chi connectivity index (χ0) is 15.1. The van der Waals surface area contributed by atoms with Crippen LogP contribution in [0.4, 0.5) is 5.69 Å². The minimum atomic E-state index is 0.221. The Hall–Kier alpha value is -1.91. The van der Waals surface area contributed by atoms with Crippen LogP contribution < -0.4 is 5.06 Å². The number of hydroxylamine groups is 1. The number of benzene rings is 1. The van der Waals surface area contributed by atoms with Crippen LogP contribution in [0, 0.1) is 0 Å². The molecule has 2 aromatic rings. The molecule has 0 spiro atoms. The summed E-state index contributed by atoms with van der Waals surface area (Å²) in [6, 6.07) is 13.0. The topological polar surface area (TPSA) is 28.6 Å². The molecule has 4 heteroatoms. The van der Waals surface area contributed by atoms with Crippen molar-refractivity contribution in [3.8, 4) is 0 Å². The molecule has 0 saturated carbocycles. The molecule has 0 bridgehead atoms. The summed E-state index contributed by atoms with van der Waals surface area (Å²) in [5.74, 6) is 0. The van der Waals surface area contributed by atoms with Crippen LogP contribution in [-0.2, 0) is 11.3 Å². The Labute approximate surface area is 131 Å². The minimum absolute atomic E-state index is 0.221. The van der Waals surface area contributed by atoms with Crippen molar-refractivity contribution >= 4 is 5.69 Å². The van der Waals surface area contributed by atoms with Gasteiger partial charge in [-0.2, -0.15) is 0 Å². The Balaban J connectivity index is 1.79. The van der Waals surface area contributed by atoms with E-state index in [1.807, 2.05) is 12.3 Å². The van der Waals surface area contributed by atoms with Crippen molar-refractivity contribution in [1.82, 2.24) is 9.88 Å². The third-order valence-electron chi connectivity index (χ3n) is 4.47. The van der Waals surface area contributed by atoms with Gasteiger partial charge in [0.05, 0.1) is 17.4 Å². The molecule has 114 valence electrons. The molecule has 4 nitrogen and oxygen atoms in total. The van der Waals surface area contributed by atoms with Crippen LogP contribution in [0.3, 0.4) is 0 Å². The molecule has 1 aromatic carbocycles. The maximum Gasteiger partial charge on any atom is 0.101 e. The van der Waals surface area contributed by atoms with Crippen molar-refractivity contribution in [3.63, 3.8) is 0 Å². The predicted molar refractivity (Wildman–Crippen MR) is 86.7 cm³/mol. The molecule has 3 heterocycles. The second kappa shape index (κ2) is 5.38. The van der Waals surface area contributed by atoms with E-state index in [-0.39, 0.29) is 12.1 Å². The maximum absolute atomic E-state index is 6.30. The van der Waals surface area contributed by atoms with Gasteiger partial charge < -0.3 is 4.90 Å². The number of para-hydroxylation sites is 1. The van der Waals surface area contributed by atoms with Gasteiger partial charge in [0, 0.05) is 25.6 Å². The number of nitrogens with zero attached hydrogens (tertiary/aromatic N) is 3. The lowest BCUT2D eigenvalue weighted by molar-refractivity contribution is 0.0649. The Morgan fingerprint density at radius 2 is 2.09 bits per heavy atom. The maximum atomic E-state index is 6.30. The molecule has 0 N–H and O–H groups in total. The van der Waals surface area contributed by atoms with Crippen LogP contribution >= 0.6 is 0 Å². The Morgan fingerprint density at radius 3 is 2.95 bits per heavy atom. The highest BCUT2D eigenvalue weighted by Gasteiger charge is 2.39. The van der Waals surface area contributed by atoms with Crippen molar-refractivity contribution in [2.45, 2.75) is 25.0 Å². The zero-order valence-corrected chi connectivity index (χ0v) is 13.1. The fourth-order valence-electron chi connectivity index (χ4n) is 3.57. The van der Waals surface area contributed by atoms with Gasteiger partial charge >= 0.3 is 0 Å². The lowest BCUT2D eigenvalue weighted by atomic mass is 9.99.